The number of hydrogen-bond donors (Lipinski definition) is 0. The summed E-state index contributed by atoms with van der Waals surface area (Å²) in [5.74, 6) is 0. The molecule has 0 amide bonds. The van der Waals surface area contributed by atoms with Gasteiger partial charge < -0.3 is 14.4 Å². The number of hydrogen-bond acceptors (Lipinski definition) is 3. The first kappa shape index (κ1) is 34.2. The number of fused-ring (bicyclic) bond motifs is 3. The van der Waals surface area contributed by atoms with Gasteiger partial charge in [-0.15, -0.1) is 48.0 Å². The summed E-state index contributed by atoms with van der Waals surface area (Å²) in [6.45, 7) is 14.1. The summed E-state index contributed by atoms with van der Waals surface area (Å²) in [6.07, 6.45) is 5.00. The summed E-state index contributed by atoms with van der Waals surface area (Å²) < 4.78 is 6.23. The molecule has 47 heavy (non-hydrogen) atoms. The minimum Gasteiger partial charge on any atom is -0.501 e. The van der Waals surface area contributed by atoms with E-state index in [-0.39, 0.29) is 25.5 Å². The summed E-state index contributed by atoms with van der Waals surface area (Å²) in [5, 5.41) is 3.71. The van der Waals surface area contributed by atoms with E-state index in [0.717, 1.165) is 62.0 Å². The average molecular weight is 809 g/mol. The Morgan fingerprint density at radius 3 is 2.17 bits per heavy atom. The topological polar surface area (TPSA) is 38.9 Å². The normalized spacial score (nSPS) is 11.5. The Labute approximate surface area is 293 Å². The molecule has 3 aromatic heterocycles. The molecule has 7 rings (SSSR count). The van der Waals surface area contributed by atoms with Crippen molar-refractivity contribution in [2.75, 3.05) is 0 Å². The number of rotatable bonds is 5. The van der Waals surface area contributed by atoms with Gasteiger partial charge in [-0.2, -0.15) is 0 Å². The summed E-state index contributed by atoms with van der Waals surface area (Å²) >= 11 is 0. The minimum atomic E-state index is -1.37. The molecule has 4 aromatic carbocycles. The molecule has 0 unspecified atom stereocenters. The zero-order chi connectivity index (χ0) is 32.3. The fourth-order valence-corrected chi connectivity index (χ4v) is 7.48. The third-order valence-electron chi connectivity index (χ3n) is 7.96. The van der Waals surface area contributed by atoms with Crippen LogP contribution in [0.3, 0.4) is 0 Å². The number of pyridine rings is 2. The molecule has 7 aromatic rings. The smallest absolute Gasteiger partial charge is 0.120 e. The molecule has 0 atom stereocenters. The molecule has 1 radical (unpaired) electrons. The van der Waals surface area contributed by atoms with Gasteiger partial charge in [0.25, 0.3) is 0 Å². The van der Waals surface area contributed by atoms with Gasteiger partial charge in [0.15, 0.2) is 0 Å². The standard InChI is InChI=1S/C23H14NO.C19H26NSi.Ir/c1-2-8-16(9-3-1)17-13-14-18(20-11-6-7-15-24-20)23-22(17)19-10-4-5-12-21(19)25-23;1-19(2,3)13-16-12-17(15-10-8-7-9-11-15)20-14-18(16)21(4,5)6;/h1-13,15H;7-10,12,14H,13H2,1-6H3;/q2*-1;. The van der Waals surface area contributed by atoms with Gasteiger partial charge in [-0.3, -0.25) is 0 Å². The maximum absolute atomic E-state index is 6.23. The summed E-state index contributed by atoms with van der Waals surface area (Å²) in [7, 11) is -1.37. The van der Waals surface area contributed by atoms with Gasteiger partial charge >= 0.3 is 0 Å². The summed E-state index contributed by atoms with van der Waals surface area (Å²) in [4.78, 5) is 9.19. The fourth-order valence-electron chi connectivity index (χ4n) is 5.91. The fraction of sp³-hybridized carbons (Fsp3) is 0.190. The van der Waals surface area contributed by atoms with Gasteiger partial charge in [-0.1, -0.05) is 129 Å². The van der Waals surface area contributed by atoms with E-state index in [9.17, 15) is 0 Å². The molecular weight excluding hydrogens is 769 g/mol. The first-order chi connectivity index (χ1) is 22.1. The molecule has 0 spiro atoms. The van der Waals surface area contributed by atoms with Crippen molar-refractivity contribution in [1.29, 1.82) is 0 Å². The van der Waals surface area contributed by atoms with Crippen LogP contribution >= 0.6 is 0 Å². The molecule has 0 bridgehead atoms. The van der Waals surface area contributed by atoms with Crippen molar-refractivity contribution in [3.63, 3.8) is 0 Å². The maximum atomic E-state index is 6.23. The van der Waals surface area contributed by atoms with E-state index >= 15 is 0 Å². The Balaban J connectivity index is 0.000000184. The van der Waals surface area contributed by atoms with Crippen molar-refractivity contribution in [1.82, 2.24) is 9.97 Å². The summed E-state index contributed by atoms with van der Waals surface area (Å²) in [5.41, 5.74) is 9.62. The number of para-hydroxylation sites is 1. The first-order valence-electron chi connectivity index (χ1n) is 15.9. The van der Waals surface area contributed by atoms with Gasteiger partial charge in [-0.05, 0) is 45.9 Å². The summed E-state index contributed by atoms with van der Waals surface area (Å²) in [6, 6.07) is 43.5. The van der Waals surface area contributed by atoms with Crippen molar-refractivity contribution in [2.45, 2.75) is 46.8 Å². The van der Waals surface area contributed by atoms with E-state index in [1.54, 1.807) is 6.20 Å². The number of benzene rings is 4. The Bertz CT molecular complexity index is 2080. The van der Waals surface area contributed by atoms with Crippen LogP contribution in [0.5, 0.6) is 0 Å². The largest absolute Gasteiger partial charge is 0.501 e. The molecule has 0 saturated heterocycles. The van der Waals surface area contributed by atoms with Crippen molar-refractivity contribution in [2.24, 2.45) is 5.41 Å². The maximum Gasteiger partial charge on any atom is 0.120 e. The van der Waals surface area contributed by atoms with Gasteiger partial charge in [0.05, 0.1) is 13.7 Å². The Kier molecular flexibility index (Phi) is 10.4. The van der Waals surface area contributed by atoms with Crippen LogP contribution in [0.15, 0.2) is 126 Å². The van der Waals surface area contributed by atoms with E-state index in [2.05, 4.69) is 106 Å². The predicted octanol–water partition coefficient (Wildman–Crippen LogP) is 10.8. The predicted molar refractivity (Wildman–Crippen MR) is 196 cm³/mol. The van der Waals surface area contributed by atoms with E-state index in [1.165, 1.54) is 10.8 Å². The van der Waals surface area contributed by atoms with E-state index in [0.29, 0.717) is 0 Å². The van der Waals surface area contributed by atoms with Crippen LogP contribution in [0.4, 0.5) is 0 Å². The third-order valence-corrected chi connectivity index (χ3v) is 10.0. The molecule has 3 nitrogen and oxygen atoms in total. The zero-order valence-electron chi connectivity index (χ0n) is 27.9. The zero-order valence-corrected chi connectivity index (χ0v) is 31.3. The van der Waals surface area contributed by atoms with Crippen LogP contribution in [-0.4, -0.2) is 18.0 Å². The van der Waals surface area contributed by atoms with Crippen molar-refractivity contribution < 1.29 is 24.5 Å². The van der Waals surface area contributed by atoms with Crippen molar-refractivity contribution in [3.8, 4) is 33.6 Å². The molecule has 0 aliphatic rings. The molecule has 5 heteroatoms. The van der Waals surface area contributed by atoms with Gasteiger partial charge in [0.1, 0.15) is 5.58 Å². The second-order valence-electron chi connectivity index (χ2n) is 14.0. The molecule has 0 fully saturated rings. The van der Waals surface area contributed by atoms with E-state index in [1.807, 2.05) is 66.7 Å². The van der Waals surface area contributed by atoms with Crippen LogP contribution in [0.1, 0.15) is 26.3 Å². The third kappa shape index (κ3) is 7.88. The first-order valence-corrected chi connectivity index (χ1v) is 19.4. The molecular formula is C42H40IrN2OSi-2. The van der Waals surface area contributed by atoms with Gasteiger partial charge in [0.2, 0.25) is 0 Å². The van der Waals surface area contributed by atoms with Crippen LogP contribution in [0.25, 0.3) is 55.6 Å². The Morgan fingerprint density at radius 2 is 1.49 bits per heavy atom. The minimum absolute atomic E-state index is 0. The molecule has 0 saturated carbocycles. The van der Waals surface area contributed by atoms with E-state index in [4.69, 9.17) is 9.40 Å². The molecule has 239 valence electrons. The van der Waals surface area contributed by atoms with Crippen molar-refractivity contribution >= 4 is 35.2 Å². The number of furan rings is 1. The quantitative estimate of drug-likeness (QED) is 0.128. The van der Waals surface area contributed by atoms with Crippen LogP contribution < -0.4 is 5.19 Å². The van der Waals surface area contributed by atoms with Crippen LogP contribution in [0.2, 0.25) is 19.6 Å². The van der Waals surface area contributed by atoms with Crippen LogP contribution in [0, 0.1) is 17.5 Å². The average Bonchev–Trinajstić information content (AvgIpc) is 3.44. The Hall–Kier alpha value is -4.15. The second kappa shape index (κ2) is 14.3. The van der Waals surface area contributed by atoms with Gasteiger partial charge in [0, 0.05) is 37.9 Å². The van der Waals surface area contributed by atoms with Crippen LogP contribution in [-0.2, 0) is 26.5 Å². The monoisotopic (exact) mass is 809 g/mol. The number of aromatic nitrogens is 2. The SMILES string of the molecule is CC(C)(C)Cc1cc(-c2[c-]cccc2)ncc1[Si](C)(C)C.[Ir].[c-]1cc(-c2ccccc2)c2c(oc3ccccc32)c1-c1ccccn1. The molecule has 3 heterocycles. The van der Waals surface area contributed by atoms with Gasteiger partial charge in [-0.25, -0.2) is 0 Å². The molecule has 0 aliphatic carbocycles. The second-order valence-corrected chi connectivity index (χ2v) is 19.0. The molecule has 0 aliphatic heterocycles. The van der Waals surface area contributed by atoms with E-state index < -0.39 is 8.07 Å². The number of nitrogens with zero attached hydrogens (tertiary/aromatic N) is 2. The molecule has 0 N–H and O–H groups in total. The van der Waals surface area contributed by atoms with Crippen molar-refractivity contribution in [3.05, 3.63) is 139 Å². The Morgan fingerprint density at radius 1 is 0.766 bits per heavy atom.